The fourth-order valence-corrected chi connectivity index (χ4v) is 5.90. The van der Waals surface area contributed by atoms with Crippen LogP contribution in [0.3, 0.4) is 0 Å². The van der Waals surface area contributed by atoms with Crippen molar-refractivity contribution in [3.8, 4) is 0 Å². The summed E-state index contributed by atoms with van der Waals surface area (Å²) in [6.45, 7) is 0. The molecule has 4 heteroatoms. The van der Waals surface area contributed by atoms with Gasteiger partial charge in [0.2, 0.25) is 0 Å². The Bertz CT molecular complexity index is 1550. The third-order valence-electron chi connectivity index (χ3n) is 7.94. The molecule has 6 rings (SSSR count). The van der Waals surface area contributed by atoms with Gasteiger partial charge in [0.1, 0.15) is 0 Å². The first-order chi connectivity index (χ1) is 22.6. The summed E-state index contributed by atoms with van der Waals surface area (Å²) in [6.07, 6.45) is 2.27. The average molecular weight is 601 g/mol. The van der Waals surface area contributed by atoms with Crippen molar-refractivity contribution in [2.24, 2.45) is 0 Å². The maximum absolute atomic E-state index is 13.7. The summed E-state index contributed by atoms with van der Waals surface area (Å²) in [4.78, 5) is 27.5. The smallest absolute Gasteiger partial charge is 0.332 e. The van der Waals surface area contributed by atoms with Gasteiger partial charge in [0.15, 0.2) is 11.2 Å². The van der Waals surface area contributed by atoms with Crippen LogP contribution in [0.15, 0.2) is 194 Å². The van der Waals surface area contributed by atoms with Gasteiger partial charge < -0.3 is 9.47 Å². The topological polar surface area (TPSA) is 52.6 Å². The van der Waals surface area contributed by atoms with Gasteiger partial charge in [-0.1, -0.05) is 182 Å². The average Bonchev–Trinajstić information content (AvgIpc) is 3.14. The number of hydrogen-bond donors (Lipinski definition) is 0. The number of carbonyl (C=O) groups is 2. The number of ether oxygens (including phenoxy) is 2. The first kappa shape index (κ1) is 30.0. The van der Waals surface area contributed by atoms with E-state index in [-0.39, 0.29) is 0 Å². The van der Waals surface area contributed by atoms with Crippen LogP contribution in [0.4, 0.5) is 0 Å². The monoisotopic (exact) mass is 600 g/mol. The first-order valence-electron chi connectivity index (χ1n) is 15.1. The lowest BCUT2D eigenvalue weighted by Gasteiger charge is -2.35. The van der Waals surface area contributed by atoms with Gasteiger partial charge in [-0.3, -0.25) is 0 Å². The molecule has 0 fully saturated rings. The third-order valence-corrected chi connectivity index (χ3v) is 7.94. The highest BCUT2D eigenvalue weighted by Crippen LogP contribution is 2.42. The molecule has 46 heavy (non-hydrogen) atoms. The largest absolute Gasteiger partial charge is 0.441 e. The van der Waals surface area contributed by atoms with Crippen molar-refractivity contribution in [2.75, 3.05) is 0 Å². The van der Waals surface area contributed by atoms with Crippen molar-refractivity contribution in [3.63, 3.8) is 0 Å². The minimum absolute atomic E-state index is 0.696. The predicted molar refractivity (Wildman–Crippen MR) is 180 cm³/mol. The molecule has 4 nitrogen and oxygen atoms in total. The maximum Gasteiger partial charge on any atom is 0.332 e. The summed E-state index contributed by atoms with van der Waals surface area (Å²) in [5, 5.41) is 0. The second-order valence-corrected chi connectivity index (χ2v) is 10.7. The minimum Gasteiger partial charge on any atom is -0.441 e. The quantitative estimate of drug-likeness (QED) is 0.0898. The Hall–Kier alpha value is -6.00. The van der Waals surface area contributed by atoms with E-state index in [1.807, 2.05) is 182 Å². The van der Waals surface area contributed by atoms with Crippen LogP contribution < -0.4 is 0 Å². The van der Waals surface area contributed by atoms with E-state index in [9.17, 15) is 9.59 Å². The third kappa shape index (κ3) is 6.01. The zero-order valence-corrected chi connectivity index (χ0v) is 25.1. The van der Waals surface area contributed by atoms with Gasteiger partial charge in [0, 0.05) is 45.5 Å². The molecule has 0 N–H and O–H groups in total. The molecule has 6 aromatic carbocycles. The van der Waals surface area contributed by atoms with E-state index in [1.54, 1.807) is 0 Å². The van der Waals surface area contributed by atoms with Gasteiger partial charge >= 0.3 is 11.9 Å². The minimum atomic E-state index is -1.27. The molecule has 0 aliphatic heterocycles. The zero-order chi connectivity index (χ0) is 31.7. The summed E-state index contributed by atoms with van der Waals surface area (Å²) in [5.41, 5.74) is 2.09. The van der Waals surface area contributed by atoms with E-state index < -0.39 is 23.1 Å². The Kier molecular flexibility index (Phi) is 8.98. The van der Waals surface area contributed by atoms with Gasteiger partial charge in [-0.25, -0.2) is 9.59 Å². The van der Waals surface area contributed by atoms with Gasteiger partial charge in [-0.2, -0.15) is 0 Å². The highest BCUT2D eigenvalue weighted by atomic mass is 16.6. The molecule has 224 valence electrons. The lowest BCUT2D eigenvalue weighted by Crippen LogP contribution is -2.35. The van der Waals surface area contributed by atoms with Crippen molar-refractivity contribution in [3.05, 3.63) is 228 Å². The van der Waals surface area contributed by atoms with Crippen LogP contribution in [0.1, 0.15) is 33.4 Å². The standard InChI is InChI=1S/C42H32O4/c43-39(45-41(33-19-7-1-8-20-33,34-21-9-2-10-22-34)35-23-11-3-12-24-35)31-32-40(44)46-42(36-25-13-4-14-26-36,37-27-15-5-16-28-37)38-29-17-6-18-30-38/h1-32H/b32-31-. The van der Waals surface area contributed by atoms with E-state index in [4.69, 9.17) is 9.47 Å². The van der Waals surface area contributed by atoms with Crippen molar-refractivity contribution in [2.45, 2.75) is 11.2 Å². The molecule has 0 atom stereocenters. The van der Waals surface area contributed by atoms with Crippen LogP contribution in [0.5, 0.6) is 0 Å². The van der Waals surface area contributed by atoms with Crippen LogP contribution in [0.25, 0.3) is 0 Å². The summed E-state index contributed by atoms with van der Waals surface area (Å²) in [6, 6.07) is 57.6. The molecule has 0 heterocycles. The number of carbonyl (C=O) groups excluding carboxylic acids is 2. The highest BCUT2D eigenvalue weighted by molar-refractivity contribution is 5.92. The fraction of sp³-hybridized carbons (Fsp3) is 0.0476. The molecule has 0 aromatic heterocycles. The van der Waals surface area contributed by atoms with E-state index in [2.05, 4.69) is 0 Å². The first-order valence-corrected chi connectivity index (χ1v) is 15.1. The molecule has 0 saturated heterocycles. The molecule has 0 bridgehead atoms. The van der Waals surface area contributed by atoms with Crippen LogP contribution >= 0.6 is 0 Å². The molecular weight excluding hydrogens is 568 g/mol. The van der Waals surface area contributed by atoms with E-state index in [0.717, 1.165) is 45.5 Å². The molecule has 0 radical (unpaired) electrons. The number of rotatable bonds is 10. The lowest BCUT2D eigenvalue weighted by molar-refractivity contribution is -0.150. The van der Waals surface area contributed by atoms with Crippen molar-refractivity contribution in [1.29, 1.82) is 0 Å². The molecule has 6 aromatic rings. The van der Waals surface area contributed by atoms with Gasteiger partial charge in [0.05, 0.1) is 0 Å². The Labute approximate surface area is 269 Å². The Balaban J connectivity index is 1.38. The molecule has 0 saturated carbocycles. The second-order valence-electron chi connectivity index (χ2n) is 10.7. The normalized spacial score (nSPS) is 11.6. The summed E-state index contributed by atoms with van der Waals surface area (Å²) in [7, 11) is 0. The van der Waals surface area contributed by atoms with E-state index in [0.29, 0.717) is 0 Å². The fourth-order valence-electron chi connectivity index (χ4n) is 5.90. The molecule has 0 amide bonds. The van der Waals surface area contributed by atoms with Crippen molar-refractivity contribution >= 4 is 11.9 Å². The molecular formula is C42H32O4. The Morgan fingerprint density at radius 3 is 0.674 bits per heavy atom. The van der Waals surface area contributed by atoms with Crippen LogP contribution in [0.2, 0.25) is 0 Å². The highest BCUT2D eigenvalue weighted by Gasteiger charge is 2.41. The van der Waals surface area contributed by atoms with Gasteiger partial charge in [-0.05, 0) is 0 Å². The van der Waals surface area contributed by atoms with Crippen molar-refractivity contribution in [1.82, 2.24) is 0 Å². The van der Waals surface area contributed by atoms with Crippen LogP contribution in [-0.2, 0) is 30.3 Å². The Morgan fingerprint density at radius 1 is 0.326 bits per heavy atom. The molecule has 0 aliphatic carbocycles. The maximum atomic E-state index is 13.7. The summed E-state index contributed by atoms with van der Waals surface area (Å²) in [5.74, 6) is -1.39. The zero-order valence-electron chi connectivity index (χ0n) is 25.1. The summed E-state index contributed by atoms with van der Waals surface area (Å²) < 4.78 is 12.8. The molecule has 0 spiro atoms. The van der Waals surface area contributed by atoms with Crippen molar-refractivity contribution < 1.29 is 19.1 Å². The van der Waals surface area contributed by atoms with E-state index in [1.165, 1.54) is 0 Å². The lowest BCUT2D eigenvalue weighted by atomic mass is 9.80. The second kappa shape index (κ2) is 13.7. The predicted octanol–water partition coefficient (Wildman–Crippen LogP) is 8.61. The molecule has 0 aliphatic rings. The number of hydrogen-bond acceptors (Lipinski definition) is 4. The van der Waals surface area contributed by atoms with E-state index >= 15 is 0 Å². The molecule has 0 unspecified atom stereocenters. The van der Waals surface area contributed by atoms with Gasteiger partial charge in [0.25, 0.3) is 0 Å². The SMILES string of the molecule is O=C(/C=C\C(=O)OC(c1ccccc1)(c1ccccc1)c1ccccc1)OC(c1ccccc1)(c1ccccc1)c1ccccc1. The van der Waals surface area contributed by atoms with Crippen LogP contribution in [0, 0.1) is 0 Å². The Morgan fingerprint density at radius 2 is 0.500 bits per heavy atom. The summed E-state index contributed by atoms with van der Waals surface area (Å²) >= 11 is 0. The number of benzene rings is 6. The van der Waals surface area contributed by atoms with Crippen LogP contribution in [-0.4, -0.2) is 11.9 Å². The number of esters is 2. The van der Waals surface area contributed by atoms with Gasteiger partial charge in [-0.15, -0.1) is 0 Å².